The molecule has 1 aliphatic carbocycles. The molecule has 1 N–H and O–H groups in total. The van der Waals surface area contributed by atoms with E-state index in [0.29, 0.717) is 6.42 Å². The zero-order valence-electron chi connectivity index (χ0n) is 13.3. The SMILES string of the molecule is CSc1ccccc1NC(=O)CCSc1ccc2c(c1)CCC2. The van der Waals surface area contributed by atoms with Crippen molar-refractivity contribution in [3.8, 4) is 0 Å². The van der Waals surface area contributed by atoms with E-state index in [4.69, 9.17) is 0 Å². The first-order valence-corrected chi connectivity index (χ1v) is 10.1. The molecule has 4 heteroatoms. The highest BCUT2D eigenvalue weighted by atomic mass is 32.2. The van der Waals surface area contributed by atoms with E-state index in [-0.39, 0.29) is 5.91 Å². The summed E-state index contributed by atoms with van der Waals surface area (Å²) < 4.78 is 0. The Labute approximate surface area is 146 Å². The minimum absolute atomic E-state index is 0.0835. The number of rotatable bonds is 6. The fourth-order valence-corrected chi connectivity index (χ4v) is 4.33. The molecule has 1 amide bonds. The normalized spacial score (nSPS) is 12.9. The Morgan fingerprint density at radius 3 is 2.83 bits per heavy atom. The number of anilines is 1. The molecule has 2 aromatic carbocycles. The van der Waals surface area contributed by atoms with Crippen LogP contribution in [-0.2, 0) is 17.6 Å². The van der Waals surface area contributed by atoms with Crippen LogP contribution in [0.25, 0.3) is 0 Å². The molecule has 2 aromatic rings. The minimum Gasteiger partial charge on any atom is -0.325 e. The number of amides is 1. The molecule has 0 unspecified atom stereocenters. The van der Waals surface area contributed by atoms with Gasteiger partial charge in [0.2, 0.25) is 5.91 Å². The molecular weight excluding hydrogens is 322 g/mol. The van der Waals surface area contributed by atoms with Crippen molar-refractivity contribution in [2.75, 3.05) is 17.3 Å². The minimum atomic E-state index is 0.0835. The van der Waals surface area contributed by atoms with E-state index in [1.807, 2.05) is 30.5 Å². The van der Waals surface area contributed by atoms with Crippen LogP contribution in [0.1, 0.15) is 24.0 Å². The van der Waals surface area contributed by atoms with Gasteiger partial charge < -0.3 is 5.32 Å². The van der Waals surface area contributed by atoms with Crippen molar-refractivity contribution < 1.29 is 4.79 Å². The number of benzene rings is 2. The quantitative estimate of drug-likeness (QED) is 0.747. The molecular formula is C19H21NOS2. The number of hydrogen-bond donors (Lipinski definition) is 1. The highest BCUT2D eigenvalue weighted by molar-refractivity contribution is 7.99. The number of para-hydroxylation sites is 1. The molecule has 0 saturated heterocycles. The Morgan fingerprint density at radius 2 is 1.96 bits per heavy atom. The molecule has 2 nitrogen and oxygen atoms in total. The van der Waals surface area contributed by atoms with E-state index < -0.39 is 0 Å². The van der Waals surface area contributed by atoms with Crippen LogP contribution in [0.2, 0.25) is 0 Å². The fraction of sp³-hybridized carbons (Fsp3) is 0.316. The number of carbonyl (C=O) groups excluding carboxylic acids is 1. The molecule has 3 rings (SSSR count). The summed E-state index contributed by atoms with van der Waals surface area (Å²) in [5.74, 6) is 0.895. The molecule has 0 atom stereocenters. The zero-order valence-corrected chi connectivity index (χ0v) is 14.9. The lowest BCUT2D eigenvalue weighted by atomic mass is 10.1. The highest BCUT2D eigenvalue weighted by Crippen LogP contribution is 2.28. The largest absolute Gasteiger partial charge is 0.325 e. The number of nitrogens with one attached hydrogen (secondary N) is 1. The van der Waals surface area contributed by atoms with E-state index >= 15 is 0 Å². The Morgan fingerprint density at radius 1 is 1.13 bits per heavy atom. The van der Waals surface area contributed by atoms with Crippen LogP contribution >= 0.6 is 23.5 Å². The topological polar surface area (TPSA) is 29.1 Å². The first-order chi connectivity index (χ1) is 11.3. The fourth-order valence-electron chi connectivity index (χ4n) is 2.86. The first-order valence-electron chi connectivity index (χ1n) is 7.94. The molecule has 0 aliphatic heterocycles. The summed E-state index contributed by atoms with van der Waals surface area (Å²) in [5, 5.41) is 3.02. The van der Waals surface area contributed by atoms with Gasteiger partial charge in [-0.1, -0.05) is 18.2 Å². The third kappa shape index (κ3) is 4.33. The van der Waals surface area contributed by atoms with Crippen molar-refractivity contribution in [3.63, 3.8) is 0 Å². The molecule has 0 spiro atoms. The number of fused-ring (bicyclic) bond motifs is 1. The Bertz CT molecular complexity index is 700. The molecule has 1 aliphatic rings. The van der Waals surface area contributed by atoms with E-state index in [1.54, 1.807) is 23.5 Å². The molecule has 0 heterocycles. The molecule has 0 aromatic heterocycles. The van der Waals surface area contributed by atoms with E-state index in [9.17, 15) is 4.79 Å². The summed E-state index contributed by atoms with van der Waals surface area (Å²) in [6.07, 6.45) is 6.26. The van der Waals surface area contributed by atoms with Gasteiger partial charge in [-0.05, 0) is 60.9 Å². The lowest BCUT2D eigenvalue weighted by Gasteiger charge is -2.09. The smallest absolute Gasteiger partial charge is 0.225 e. The van der Waals surface area contributed by atoms with Gasteiger partial charge in [0.1, 0.15) is 0 Å². The molecule has 0 radical (unpaired) electrons. The van der Waals surface area contributed by atoms with Gasteiger partial charge in [0.15, 0.2) is 0 Å². The highest BCUT2D eigenvalue weighted by Gasteiger charge is 2.11. The van der Waals surface area contributed by atoms with Gasteiger partial charge in [-0.2, -0.15) is 0 Å². The van der Waals surface area contributed by atoms with Gasteiger partial charge in [-0.25, -0.2) is 0 Å². The summed E-state index contributed by atoms with van der Waals surface area (Å²) in [6, 6.07) is 14.7. The third-order valence-electron chi connectivity index (χ3n) is 4.05. The summed E-state index contributed by atoms with van der Waals surface area (Å²) in [7, 11) is 0. The predicted molar refractivity (Wildman–Crippen MR) is 101 cm³/mol. The molecule has 0 saturated carbocycles. The molecule has 0 bridgehead atoms. The summed E-state index contributed by atoms with van der Waals surface area (Å²) in [5.41, 5.74) is 3.90. The van der Waals surface area contributed by atoms with Gasteiger partial charge in [0.25, 0.3) is 0 Å². The third-order valence-corrected chi connectivity index (χ3v) is 5.84. The number of aryl methyl sites for hydroxylation is 2. The standard InChI is InChI=1S/C19H21NOS2/c1-22-18-8-3-2-7-17(18)20-19(21)11-12-23-16-10-9-14-5-4-6-15(14)13-16/h2-3,7-10,13H,4-6,11-12H2,1H3,(H,20,21). The van der Waals surface area contributed by atoms with Crippen molar-refractivity contribution in [2.24, 2.45) is 0 Å². The molecule has 0 fully saturated rings. The second-order valence-corrected chi connectivity index (χ2v) is 7.65. The average molecular weight is 344 g/mol. The van der Waals surface area contributed by atoms with Gasteiger partial charge in [0.05, 0.1) is 5.69 Å². The molecule has 120 valence electrons. The zero-order chi connectivity index (χ0) is 16.1. The van der Waals surface area contributed by atoms with Crippen molar-refractivity contribution >= 4 is 35.1 Å². The van der Waals surface area contributed by atoms with Gasteiger partial charge in [-0.3, -0.25) is 4.79 Å². The van der Waals surface area contributed by atoms with Gasteiger partial charge in [0, 0.05) is 22.0 Å². The van der Waals surface area contributed by atoms with E-state index in [0.717, 1.165) is 16.3 Å². The maximum Gasteiger partial charge on any atom is 0.225 e. The Kier molecular flexibility index (Phi) is 5.68. The number of hydrogen-bond acceptors (Lipinski definition) is 3. The van der Waals surface area contributed by atoms with Crippen molar-refractivity contribution in [2.45, 2.75) is 35.5 Å². The van der Waals surface area contributed by atoms with Crippen LogP contribution in [0.4, 0.5) is 5.69 Å². The maximum absolute atomic E-state index is 12.1. The number of thioether (sulfide) groups is 2. The summed E-state index contributed by atoms with van der Waals surface area (Å²) in [6.45, 7) is 0. The Balaban J connectivity index is 1.49. The predicted octanol–water partition coefficient (Wildman–Crippen LogP) is 5.02. The first kappa shape index (κ1) is 16.5. The van der Waals surface area contributed by atoms with Gasteiger partial charge in [-0.15, -0.1) is 23.5 Å². The summed E-state index contributed by atoms with van der Waals surface area (Å²) in [4.78, 5) is 14.5. The maximum atomic E-state index is 12.1. The van der Waals surface area contributed by atoms with Crippen molar-refractivity contribution in [1.82, 2.24) is 0 Å². The van der Waals surface area contributed by atoms with Crippen molar-refractivity contribution in [1.29, 1.82) is 0 Å². The van der Waals surface area contributed by atoms with Crippen molar-refractivity contribution in [3.05, 3.63) is 53.6 Å². The van der Waals surface area contributed by atoms with Crippen LogP contribution in [0.15, 0.2) is 52.3 Å². The average Bonchev–Trinajstić information content (AvgIpc) is 3.03. The van der Waals surface area contributed by atoms with Gasteiger partial charge >= 0.3 is 0 Å². The monoisotopic (exact) mass is 343 g/mol. The second kappa shape index (κ2) is 7.93. The Hall–Kier alpha value is -1.39. The number of carbonyl (C=O) groups is 1. The van der Waals surface area contributed by atoms with Crippen LogP contribution in [-0.4, -0.2) is 17.9 Å². The lowest BCUT2D eigenvalue weighted by Crippen LogP contribution is -2.12. The molecule has 23 heavy (non-hydrogen) atoms. The van der Waals surface area contributed by atoms with E-state index in [1.165, 1.54) is 35.3 Å². The van der Waals surface area contributed by atoms with E-state index in [2.05, 4.69) is 23.5 Å². The lowest BCUT2D eigenvalue weighted by molar-refractivity contribution is -0.115. The second-order valence-electron chi connectivity index (χ2n) is 5.63. The van der Waals surface area contributed by atoms with Crippen LogP contribution in [0.3, 0.4) is 0 Å². The van der Waals surface area contributed by atoms with Crippen LogP contribution in [0, 0.1) is 0 Å². The van der Waals surface area contributed by atoms with Crippen LogP contribution in [0.5, 0.6) is 0 Å². The van der Waals surface area contributed by atoms with Crippen LogP contribution < -0.4 is 5.32 Å². The summed E-state index contributed by atoms with van der Waals surface area (Å²) >= 11 is 3.42.